The molecule has 1 amide bonds. The number of nitrogens with two attached hydrogens (primary N) is 1. The van der Waals surface area contributed by atoms with E-state index in [0.717, 1.165) is 0 Å². The maximum absolute atomic E-state index is 13.5. The zero-order valence-corrected chi connectivity index (χ0v) is 11.2. The van der Waals surface area contributed by atoms with E-state index in [1.54, 1.807) is 20.8 Å². The molecular formula is C12H15F2N3O3. The van der Waals surface area contributed by atoms with Gasteiger partial charge < -0.3 is 11.1 Å². The van der Waals surface area contributed by atoms with E-state index in [4.69, 9.17) is 5.73 Å². The van der Waals surface area contributed by atoms with Gasteiger partial charge in [0.1, 0.15) is 5.82 Å². The molecule has 0 radical (unpaired) electrons. The molecule has 3 N–H and O–H groups in total. The van der Waals surface area contributed by atoms with Crippen molar-refractivity contribution >= 4 is 17.3 Å². The number of benzene rings is 1. The van der Waals surface area contributed by atoms with Crippen LogP contribution in [0, 0.1) is 27.2 Å². The minimum absolute atomic E-state index is 0.344. The monoisotopic (exact) mass is 287 g/mol. The number of nitrogens with one attached hydrogen (secondary N) is 1. The second-order valence-electron chi connectivity index (χ2n) is 5.37. The predicted octanol–water partition coefficient (Wildman–Crippen LogP) is 2.18. The number of hydrogen-bond acceptors (Lipinski definition) is 4. The van der Waals surface area contributed by atoms with Crippen LogP contribution in [-0.2, 0) is 4.79 Å². The smallest absolute Gasteiger partial charge is 0.307 e. The molecule has 0 aliphatic rings. The van der Waals surface area contributed by atoms with Gasteiger partial charge in [-0.25, -0.2) is 4.39 Å². The lowest BCUT2D eigenvalue weighted by Crippen LogP contribution is -2.45. The lowest BCUT2D eigenvalue weighted by atomic mass is 9.87. The molecule has 0 fully saturated rings. The fourth-order valence-electron chi connectivity index (χ4n) is 1.38. The van der Waals surface area contributed by atoms with Crippen molar-refractivity contribution in [1.29, 1.82) is 0 Å². The van der Waals surface area contributed by atoms with Gasteiger partial charge in [-0.2, -0.15) is 4.39 Å². The van der Waals surface area contributed by atoms with E-state index in [1.807, 2.05) is 0 Å². The SMILES string of the molecule is CC(C)(C)C(N)C(=O)Nc1cc([N+](=O)[O-])c(F)cc1F. The lowest BCUT2D eigenvalue weighted by molar-refractivity contribution is -0.387. The summed E-state index contributed by atoms with van der Waals surface area (Å²) in [5, 5.41) is 12.7. The van der Waals surface area contributed by atoms with Crippen LogP contribution in [0.15, 0.2) is 12.1 Å². The van der Waals surface area contributed by atoms with Crippen molar-refractivity contribution in [3.05, 3.63) is 33.9 Å². The van der Waals surface area contributed by atoms with Gasteiger partial charge in [0, 0.05) is 12.1 Å². The Hall–Kier alpha value is -2.09. The third-order valence-electron chi connectivity index (χ3n) is 2.71. The highest BCUT2D eigenvalue weighted by atomic mass is 19.1. The summed E-state index contributed by atoms with van der Waals surface area (Å²) < 4.78 is 26.6. The van der Waals surface area contributed by atoms with Crippen LogP contribution in [0.3, 0.4) is 0 Å². The first-order valence-corrected chi connectivity index (χ1v) is 5.74. The molecule has 0 aromatic heterocycles. The molecule has 1 aromatic rings. The van der Waals surface area contributed by atoms with Gasteiger partial charge in [-0.1, -0.05) is 20.8 Å². The Balaban J connectivity index is 3.07. The maximum atomic E-state index is 13.5. The van der Waals surface area contributed by atoms with Crippen molar-refractivity contribution in [2.75, 3.05) is 5.32 Å². The molecule has 8 heteroatoms. The Morgan fingerprint density at radius 1 is 1.35 bits per heavy atom. The van der Waals surface area contributed by atoms with Gasteiger partial charge in [0.2, 0.25) is 11.7 Å². The van der Waals surface area contributed by atoms with Gasteiger partial charge >= 0.3 is 5.69 Å². The Labute approximate surface area is 114 Å². The molecule has 0 heterocycles. The molecule has 0 saturated heterocycles. The molecule has 0 aliphatic heterocycles. The molecule has 110 valence electrons. The molecule has 0 bridgehead atoms. The predicted molar refractivity (Wildman–Crippen MR) is 69.1 cm³/mol. The molecule has 1 unspecified atom stereocenters. The standard InChI is InChI=1S/C12H15F2N3O3/c1-12(2,3)10(15)11(18)16-8-5-9(17(19)20)7(14)4-6(8)13/h4-5,10H,15H2,1-3H3,(H,16,18). The number of nitrogens with zero attached hydrogens (tertiary/aromatic N) is 1. The molecule has 1 aromatic carbocycles. The summed E-state index contributed by atoms with van der Waals surface area (Å²) in [6, 6.07) is 0.0138. The molecule has 6 nitrogen and oxygen atoms in total. The van der Waals surface area contributed by atoms with Crippen molar-refractivity contribution < 1.29 is 18.5 Å². The minimum Gasteiger partial charge on any atom is -0.322 e. The third-order valence-corrected chi connectivity index (χ3v) is 2.71. The van der Waals surface area contributed by atoms with Crippen LogP contribution in [0.4, 0.5) is 20.2 Å². The highest BCUT2D eigenvalue weighted by Gasteiger charge is 2.29. The summed E-state index contributed by atoms with van der Waals surface area (Å²) in [5.74, 6) is -3.13. The number of halogens is 2. The molecule has 0 aliphatic carbocycles. The number of nitro groups is 1. The quantitative estimate of drug-likeness (QED) is 0.657. The average molecular weight is 287 g/mol. The normalized spacial score (nSPS) is 12.9. The Kier molecular flexibility index (Phi) is 4.39. The summed E-state index contributed by atoms with van der Waals surface area (Å²) in [7, 11) is 0. The van der Waals surface area contributed by atoms with Crippen LogP contribution in [0.5, 0.6) is 0 Å². The maximum Gasteiger partial charge on any atom is 0.307 e. The molecular weight excluding hydrogens is 272 g/mol. The first-order valence-electron chi connectivity index (χ1n) is 5.74. The number of nitro benzene ring substituents is 1. The summed E-state index contributed by atoms with van der Waals surface area (Å²) in [6.07, 6.45) is 0. The van der Waals surface area contributed by atoms with Crippen LogP contribution in [0.1, 0.15) is 20.8 Å². The van der Waals surface area contributed by atoms with Gasteiger partial charge in [0.15, 0.2) is 0 Å². The van der Waals surface area contributed by atoms with Crippen molar-refractivity contribution in [3.8, 4) is 0 Å². The fraction of sp³-hybridized carbons (Fsp3) is 0.417. The number of hydrogen-bond donors (Lipinski definition) is 2. The zero-order valence-electron chi connectivity index (χ0n) is 11.2. The van der Waals surface area contributed by atoms with Crippen LogP contribution in [-0.4, -0.2) is 16.9 Å². The van der Waals surface area contributed by atoms with E-state index in [2.05, 4.69) is 5.32 Å². The van der Waals surface area contributed by atoms with Gasteiger partial charge in [-0.05, 0) is 5.41 Å². The Morgan fingerprint density at radius 2 is 1.90 bits per heavy atom. The topological polar surface area (TPSA) is 98.3 Å². The molecule has 0 spiro atoms. The fourth-order valence-corrected chi connectivity index (χ4v) is 1.38. The van der Waals surface area contributed by atoms with E-state index in [9.17, 15) is 23.7 Å². The van der Waals surface area contributed by atoms with Gasteiger partial charge in [-0.15, -0.1) is 0 Å². The average Bonchev–Trinajstić information content (AvgIpc) is 2.29. The first-order chi connectivity index (χ1) is 9.04. The number of rotatable bonds is 3. The van der Waals surface area contributed by atoms with E-state index in [1.165, 1.54) is 0 Å². The summed E-state index contributed by atoms with van der Waals surface area (Å²) >= 11 is 0. The highest BCUT2D eigenvalue weighted by Crippen LogP contribution is 2.26. The minimum atomic E-state index is -1.31. The van der Waals surface area contributed by atoms with Crippen LogP contribution < -0.4 is 11.1 Å². The van der Waals surface area contributed by atoms with Crippen molar-refractivity contribution in [2.24, 2.45) is 11.1 Å². The summed E-state index contributed by atoms with van der Waals surface area (Å²) in [4.78, 5) is 21.4. The van der Waals surface area contributed by atoms with E-state index < -0.39 is 45.3 Å². The number of amides is 1. The van der Waals surface area contributed by atoms with Crippen LogP contribution in [0.2, 0.25) is 0 Å². The Bertz CT molecular complexity index is 556. The van der Waals surface area contributed by atoms with Gasteiger partial charge in [-0.3, -0.25) is 14.9 Å². The molecule has 20 heavy (non-hydrogen) atoms. The van der Waals surface area contributed by atoms with Crippen molar-refractivity contribution in [2.45, 2.75) is 26.8 Å². The second-order valence-corrected chi connectivity index (χ2v) is 5.37. The summed E-state index contributed by atoms with van der Waals surface area (Å²) in [5.41, 5.74) is 3.69. The van der Waals surface area contributed by atoms with Crippen LogP contribution in [0.25, 0.3) is 0 Å². The number of carbonyl (C=O) groups is 1. The van der Waals surface area contributed by atoms with Crippen molar-refractivity contribution in [1.82, 2.24) is 0 Å². The highest BCUT2D eigenvalue weighted by molar-refractivity contribution is 5.95. The zero-order chi connectivity index (χ0) is 15.7. The van der Waals surface area contributed by atoms with Crippen LogP contribution >= 0.6 is 0 Å². The molecule has 1 rings (SSSR count). The summed E-state index contributed by atoms with van der Waals surface area (Å²) in [6.45, 7) is 5.13. The van der Waals surface area contributed by atoms with E-state index in [0.29, 0.717) is 12.1 Å². The van der Waals surface area contributed by atoms with Gasteiger partial charge in [0.05, 0.1) is 16.7 Å². The van der Waals surface area contributed by atoms with Crippen molar-refractivity contribution in [3.63, 3.8) is 0 Å². The second kappa shape index (κ2) is 5.49. The van der Waals surface area contributed by atoms with E-state index >= 15 is 0 Å². The van der Waals surface area contributed by atoms with Gasteiger partial charge in [0.25, 0.3) is 0 Å². The molecule has 0 saturated carbocycles. The Morgan fingerprint density at radius 3 is 2.35 bits per heavy atom. The number of anilines is 1. The molecule has 1 atom stereocenters. The van der Waals surface area contributed by atoms with E-state index in [-0.39, 0.29) is 0 Å². The third kappa shape index (κ3) is 3.47. The number of carbonyl (C=O) groups excluding carboxylic acids is 1. The lowest BCUT2D eigenvalue weighted by Gasteiger charge is -2.25. The largest absolute Gasteiger partial charge is 0.322 e. The first kappa shape index (κ1) is 16.0.